The highest BCUT2D eigenvalue weighted by Gasteiger charge is 2.10. The third-order valence-electron chi connectivity index (χ3n) is 1.96. The third-order valence-corrected chi connectivity index (χ3v) is 2.55. The van der Waals surface area contributed by atoms with E-state index in [0.29, 0.717) is 18.1 Å². The highest BCUT2D eigenvalue weighted by molar-refractivity contribution is 9.10. The largest absolute Gasteiger partial charge is 0.493 e. The van der Waals surface area contributed by atoms with Gasteiger partial charge in [0.15, 0.2) is 11.5 Å². The zero-order chi connectivity index (χ0) is 12.8. The average molecular weight is 301 g/mol. The zero-order valence-corrected chi connectivity index (χ0v) is 11.2. The Morgan fingerprint density at radius 3 is 2.76 bits per heavy atom. The van der Waals surface area contributed by atoms with Crippen molar-refractivity contribution in [2.24, 2.45) is 0 Å². The van der Waals surface area contributed by atoms with Gasteiger partial charge in [-0.05, 0) is 46.6 Å². The first-order valence-electron chi connectivity index (χ1n) is 4.99. The van der Waals surface area contributed by atoms with Gasteiger partial charge in [-0.25, -0.2) is 4.79 Å². The quantitative estimate of drug-likeness (QED) is 0.850. The van der Waals surface area contributed by atoms with Crippen molar-refractivity contribution in [3.63, 3.8) is 0 Å². The van der Waals surface area contributed by atoms with Crippen molar-refractivity contribution in [1.29, 1.82) is 0 Å². The van der Waals surface area contributed by atoms with Gasteiger partial charge in [0.25, 0.3) is 0 Å². The topological polar surface area (TPSA) is 55.8 Å². The number of methoxy groups -OCH3 is 1. The SMILES string of the molecule is CCOc1c(Br)cc(C=CC(=O)O)cc1OC. The summed E-state index contributed by atoms with van der Waals surface area (Å²) in [5, 5.41) is 8.55. The highest BCUT2D eigenvalue weighted by Crippen LogP contribution is 2.36. The van der Waals surface area contributed by atoms with Crippen molar-refractivity contribution in [1.82, 2.24) is 0 Å². The minimum Gasteiger partial charge on any atom is -0.493 e. The van der Waals surface area contributed by atoms with E-state index < -0.39 is 5.97 Å². The van der Waals surface area contributed by atoms with Crippen molar-refractivity contribution in [2.45, 2.75) is 6.92 Å². The van der Waals surface area contributed by atoms with E-state index in [1.165, 1.54) is 13.2 Å². The third kappa shape index (κ3) is 3.78. The molecule has 0 aliphatic carbocycles. The number of carboxylic acids is 1. The predicted octanol–water partition coefficient (Wildman–Crippen LogP) is 2.95. The molecule has 0 amide bonds. The molecule has 0 aliphatic heterocycles. The number of aliphatic carboxylic acids is 1. The number of hydrogen-bond acceptors (Lipinski definition) is 3. The molecule has 0 bridgehead atoms. The Morgan fingerprint density at radius 1 is 1.53 bits per heavy atom. The van der Waals surface area contributed by atoms with Crippen molar-refractivity contribution >= 4 is 28.0 Å². The summed E-state index contributed by atoms with van der Waals surface area (Å²) in [6.45, 7) is 2.41. The standard InChI is InChI=1S/C12H13BrO4/c1-3-17-12-9(13)6-8(4-5-11(14)15)7-10(12)16-2/h4-7H,3H2,1-2H3,(H,14,15). The van der Waals surface area contributed by atoms with Crippen LogP contribution in [0.15, 0.2) is 22.7 Å². The van der Waals surface area contributed by atoms with Crippen LogP contribution < -0.4 is 9.47 Å². The Hall–Kier alpha value is -1.49. The van der Waals surface area contributed by atoms with Gasteiger partial charge in [0.1, 0.15) is 0 Å². The number of hydrogen-bond donors (Lipinski definition) is 1. The van der Waals surface area contributed by atoms with Gasteiger partial charge in [0.05, 0.1) is 18.2 Å². The molecule has 0 spiro atoms. The van der Waals surface area contributed by atoms with E-state index in [-0.39, 0.29) is 0 Å². The molecule has 0 heterocycles. The first-order chi connectivity index (χ1) is 8.08. The second-order valence-corrected chi connectivity index (χ2v) is 3.99. The van der Waals surface area contributed by atoms with Crippen LogP contribution in [0.4, 0.5) is 0 Å². The van der Waals surface area contributed by atoms with Gasteiger partial charge < -0.3 is 14.6 Å². The molecule has 0 aliphatic rings. The van der Waals surface area contributed by atoms with Crippen LogP contribution in [0, 0.1) is 0 Å². The zero-order valence-electron chi connectivity index (χ0n) is 9.57. The van der Waals surface area contributed by atoms with Crippen molar-refractivity contribution in [2.75, 3.05) is 13.7 Å². The molecule has 1 aromatic carbocycles. The van der Waals surface area contributed by atoms with E-state index in [4.69, 9.17) is 14.6 Å². The van der Waals surface area contributed by atoms with E-state index in [0.717, 1.165) is 16.1 Å². The van der Waals surface area contributed by atoms with Gasteiger partial charge >= 0.3 is 5.97 Å². The first kappa shape index (κ1) is 13.6. The van der Waals surface area contributed by atoms with Crippen LogP contribution in [-0.4, -0.2) is 24.8 Å². The molecule has 1 N–H and O–H groups in total. The van der Waals surface area contributed by atoms with Crippen LogP contribution in [-0.2, 0) is 4.79 Å². The maximum absolute atomic E-state index is 10.4. The molecule has 0 radical (unpaired) electrons. The lowest BCUT2D eigenvalue weighted by molar-refractivity contribution is -0.131. The lowest BCUT2D eigenvalue weighted by atomic mass is 10.2. The Balaban J connectivity index is 3.12. The fourth-order valence-electron chi connectivity index (χ4n) is 1.29. The molecule has 0 atom stereocenters. The number of rotatable bonds is 5. The molecule has 0 aromatic heterocycles. The van der Waals surface area contributed by atoms with Crippen LogP contribution in [0.1, 0.15) is 12.5 Å². The predicted molar refractivity (Wildman–Crippen MR) is 68.5 cm³/mol. The normalized spacial score (nSPS) is 10.5. The van der Waals surface area contributed by atoms with Gasteiger partial charge in [-0.2, -0.15) is 0 Å². The molecule has 1 rings (SSSR count). The molecule has 0 fully saturated rings. The lowest BCUT2D eigenvalue weighted by Gasteiger charge is -2.12. The molecule has 0 saturated heterocycles. The lowest BCUT2D eigenvalue weighted by Crippen LogP contribution is -1.97. The highest BCUT2D eigenvalue weighted by atomic mass is 79.9. The van der Waals surface area contributed by atoms with Crippen LogP contribution in [0.5, 0.6) is 11.5 Å². The molecular weight excluding hydrogens is 288 g/mol. The van der Waals surface area contributed by atoms with Crippen LogP contribution in [0.25, 0.3) is 6.08 Å². The number of benzene rings is 1. The molecule has 1 aromatic rings. The summed E-state index contributed by atoms with van der Waals surface area (Å²) < 4.78 is 11.3. The summed E-state index contributed by atoms with van der Waals surface area (Å²) in [4.78, 5) is 10.4. The van der Waals surface area contributed by atoms with E-state index in [1.807, 2.05) is 6.92 Å². The van der Waals surface area contributed by atoms with E-state index >= 15 is 0 Å². The minimum absolute atomic E-state index is 0.527. The number of carbonyl (C=O) groups is 1. The summed E-state index contributed by atoms with van der Waals surface area (Å²) in [6, 6.07) is 3.49. The Morgan fingerprint density at radius 2 is 2.24 bits per heavy atom. The van der Waals surface area contributed by atoms with Gasteiger partial charge in [0, 0.05) is 6.08 Å². The van der Waals surface area contributed by atoms with Crippen LogP contribution in [0.2, 0.25) is 0 Å². The second-order valence-electron chi connectivity index (χ2n) is 3.14. The summed E-state index contributed by atoms with van der Waals surface area (Å²) in [7, 11) is 1.54. The smallest absolute Gasteiger partial charge is 0.328 e. The maximum Gasteiger partial charge on any atom is 0.328 e. The van der Waals surface area contributed by atoms with Gasteiger partial charge in [-0.1, -0.05) is 0 Å². The maximum atomic E-state index is 10.4. The van der Waals surface area contributed by atoms with Crippen molar-refractivity contribution < 1.29 is 19.4 Å². The Kier molecular flexibility index (Phi) is 5.03. The molecule has 92 valence electrons. The molecule has 0 saturated carbocycles. The van der Waals surface area contributed by atoms with E-state index in [9.17, 15) is 4.79 Å². The Bertz CT molecular complexity index is 440. The van der Waals surface area contributed by atoms with Gasteiger partial charge in [-0.3, -0.25) is 0 Å². The monoisotopic (exact) mass is 300 g/mol. The molecule has 0 unspecified atom stereocenters. The number of carboxylic acid groups (broad SMARTS) is 1. The number of halogens is 1. The average Bonchev–Trinajstić information content (AvgIpc) is 2.29. The molecule has 4 nitrogen and oxygen atoms in total. The van der Waals surface area contributed by atoms with E-state index in [1.54, 1.807) is 12.1 Å². The first-order valence-corrected chi connectivity index (χ1v) is 5.79. The van der Waals surface area contributed by atoms with E-state index in [2.05, 4.69) is 15.9 Å². The summed E-state index contributed by atoms with van der Waals surface area (Å²) in [5.41, 5.74) is 0.722. The van der Waals surface area contributed by atoms with Crippen LogP contribution >= 0.6 is 15.9 Å². The number of ether oxygens (including phenoxy) is 2. The Labute approximate surface area is 108 Å². The van der Waals surface area contributed by atoms with Gasteiger partial charge in [0.2, 0.25) is 0 Å². The molecular formula is C12H13BrO4. The van der Waals surface area contributed by atoms with Crippen LogP contribution in [0.3, 0.4) is 0 Å². The second kappa shape index (κ2) is 6.30. The summed E-state index contributed by atoms with van der Waals surface area (Å²) in [5.74, 6) is 0.183. The van der Waals surface area contributed by atoms with Crippen molar-refractivity contribution in [3.8, 4) is 11.5 Å². The minimum atomic E-state index is -0.992. The summed E-state index contributed by atoms with van der Waals surface area (Å²) in [6.07, 6.45) is 2.56. The van der Waals surface area contributed by atoms with Crippen molar-refractivity contribution in [3.05, 3.63) is 28.2 Å². The molecule has 17 heavy (non-hydrogen) atoms. The summed E-state index contributed by atoms with van der Waals surface area (Å²) >= 11 is 3.36. The van der Waals surface area contributed by atoms with Gasteiger partial charge in [-0.15, -0.1) is 0 Å². The molecule has 5 heteroatoms. The fourth-order valence-corrected chi connectivity index (χ4v) is 1.86. The fraction of sp³-hybridized carbons (Fsp3) is 0.250.